The predicted octanol–water partition coefficient (Wildman–Crippen LogP) is 1.87. The Labute approximate surface area is 127 Å². The number of hydrogen-bond acceptors (Lipinski definition) is 7. The number of nitrogens with zero attached hydrogens (tertiary/aromatic N) is 4. The molecule has 0 bridgehead atoms. The molecule has 1 aromatic carbocycles. The van der Waals surface area contributed by atoms with Crippen molar-refractivity contribution in [3.63, 3.8) is 0 Å². The fourth-order valence-corrected chi connectivity index (χ4v) is 2.02. The van der Waals surface area contributed by atoms with E-state index in [0.717, 1.165) is 5.69 Å². The normalized spacial score (nSPS) is 10.3. The third-order valence-corrected chi connectivity index (χ3v) is 3.08. The zero-order valence-corrected chi connectivity index (χ0v) is 12.4. The quantitative estimate of drug-likeness (QED) is 0.620. The van der Waals surface area contributed by atoms with Gasteiger partial charge in [0.25, 0.3) is 0 Å². The molecule has 8 nitrogen and oxygen atoms in total. The van der Waals surface area contributed by atoms with Gasteiger partial charge in [-0.2, -0.15) is 4.98 Å². The van der Waals surface area contributed by atoms with Crippen LogP contribution in [0.4, 0.5) is 23.1 Å². The van der Waals surface area contributed by atoms with Crippen LogP contribution in [0, 0.1) is 17.0 Å². The Morgan fingerprint density at radius 2 is 2.00 bits per heavy atom. The first-order chi connectivity index (χ1) is 10.5. The van der Waals surface area contributed by atoms with Crippen LogP contribution in [-0.4, -0.2) is 40.2 Å². The number of nitrogens with one attached hydrogen (secondary N) is 1. The number of anilines is 3. The molecule has 2 N–H and O–H groups in total. The molecule has 0 saturated carbocycles. The molecule has 0 fully saturated rings. The van der Waals surface area contributed by atoms with E-state index in [2.05, 4.69) is 15.3 Å². The minimum absolute atomic E-state index is 0.0801. The van der Waals surface area contributed by atoms with E-state index < -0.39 is 4.92 Å². The second kappa shape index (κ2) is 6.81. The van der Waals surface area contributed by atoms with E-state index >= 15 is 0 Å². The van der Waals surface area contributed by atoms with Gasteiger partial charge in [-0.25, -0.2) is 4.98 Å². The van der Waals surface area contributed by atoms with Crippen molar-refractivity contribution in [3.05, 3.63) is 46.1 Å². The minimum Gasteiger partial charge on any atom is -0.395 e. The van der Waals surface area contributed by atoms with E-state index in [9.17, 15) is 10.1 Å². The number of para-hydroxylation sites is 1. The highest BCUT2D eigenvalue weighted by Gasteiger charge is 2.25. The summed E-state index contributed by atoms with van der Waals surface area (Å²) in [5.74, 6) is 0.444. The van der Waals surface area contributed by atoms with Gasteiger partial charge in [0.1, 0.15) is 5.69 Å². The van der Waals surface area contributed by atoms with Gasteiger partial charge in [0.2, 0.25) is 11.8 Å². The Kier molecular flexibility index (Phi) is 4.84. The maximum Gasteiger partial charge on any atom is 0.333 e. The van der Waals surface area contributed by atoms with Crippen molar-refractivity contribution in [1.82, 2.24) is 9.97 Å². The molecule has 8 heteroatoms. The third kappa shape index (κ3) is 3.29. The van der Waals surface area contributed by atoms with Crippen LogP contribution >= 0.6 is 0 Å². The van der Waals surface area contributed by atoms with Gasteiger partial charge < -0.3 is 15.3 Å². The lowest BCUT2D eigenvalue weighted by Gasteiger charge is -2.19. The molecular weight excluding hydrogens is 286 g/mol. The lowest BCUT2D eigenvalue weighted by Crippen LogP contribution is -2.17. The summed E-state index contributed by atoms with van der Waals surface area (Å²) in [5, 5.41) is 23.0. The summed E-state index contributed by atoms with van der Waals surface area (Å²) >= 11 is 0. The monoisotopic (exact) mass is 303 g/mol. The highest BCUT2D eigenvalue weighted by atomic mass is 16.6. The first-order valence-electron chi connectivity index (χ1n) is 6.71. The second-order valence-electron chi connectivity index (χ2n) is 4.61. The molecule has 0 atom stereocenters. The Morgan fingerprint density at radius 1 is 1.32 bits per heavy atom. The summed E-state index contributed by atoms with van der Waals surface area (Å²) in [6.07, 6.45) is 0. The van der Waals surface area contributed by atoms with E-state index in [-0.39, 0.29) is 36.3 Å². The highest BCUT2D eigenvalue weighted by molar-refractivity contribution is 5.70. The zero-order chi connectivity index (χ0) is 16.1. The lowest BCUT2D eigenvalue weighted by atomic mass is 10.2. The number of aliphatic hydroxyl groups excluding tert-OH is 1. The standard InChI is InChI=1S/C14H17N5O3/c1-10-12(19(21)22)13(17-14(16-10)15-8-9-20)18(2)11-6-4-3-5-7-11/h3-7,20H,8-9H2,1-2H3,(H,15,16,17). The number of nitro groups is 1. The summed E-state index contributed by atoms with van der Waals surface area (Å²) in [6, 6.07) is 9.22. The summed E-state index contributed by atoms with van der Waals surface area (Å²) < 4.78 is 0. The molecule has 0 spiro atoms. The van der Waals surface area contributed by atoms with Gasteiger partial charge in [-0.1, -0.05) is 18.2 Å². The Morgan fingerprint density at radius 3 is 2.59 bits per heavy atom. The summed E-state index contributed by atoms with van der Waals surface area (Å²) in [7, 11) is 1.71. The summed E-state index contributed by atoms with van der Waals surface area (Å²) in [4.78, 5) is 20.8. The lowest BCUT2D eigenvalue weighted by molar-refractivity contribution is -0.385. The fraction of sp³-hybridized carbons (Fsp3) is 0.286. The van der Waals surface area contributed by atoms with Crippen LogP contribution in [-0.2, 0) is 0 Å². The molecule has 0 amide bonds. The molecular formula is C14H17N5O3. The Hall–Kier alpha value is -2.74. The van der Waals surface area contributed by atoms with Crippen LogP contribution in [0.15, 0.2) is 30.3 Å². The smallest absolute Gasteiger partial charge is 0.333 e. The minimum atomic E-state index is -0.486. The highest BCUT2D eigenvalue weighted by Crippen LogP contribution is 2.33. The first kappa shape index (κ1) is 15.6. The van der Waals surface area contributed by atoms with Gasteiger partial charge in [0, 0.05) is 19.3 Å². The topological polar surface area (TPSA) is 104 Å². The molecule has 1 heterocycles. The maximum absolute atomic E-state index is 11.3. The number of aromatic nitrogens is 2. The number of hydrogen-bond donors (Lipinski definition) is 2. The number of aliphatic hydroxyl groups is 1. The fourth-order valence-electron chi connectivity index (χ4n) is 2.02. The number of rotatable bonds is 6. The molecule has 0 radical (unpaired) electrons. The predicted molar refractivity (Wildman–Crippen MR) is 83.5 cm³/mol. The average molecular weight is 303 g/mol. The summed E-state index contributed by atoms with van der Waals surface area (Å²) in [6.45, 7) is 1.75. The second-order valence-corrected chi connectivity index (χ2v) is 4.61. The Bertz CT molecular complexity index is 663. The van der Waals surface area contributed by atoms with E-state index in [1.165, 1.54) is 0 Å². The maximum atomic E-state index is 11.3. The van der Waals surface area contributed by atoms with Crippen LogP contribution < -0.4 is 10.2 Å². The van der Waals surface area contributed by atoms with Gasteiger partial charge >= 0.3 is 5.69 Å². The average Bonchev–Trinajstić information content (AvgIpc) is 2.52. The van der Waals surface area contributed by atoms with Gasteiger partial charge in [0.15, 0.2) is 0 Å². The van der Waals surface area contributed by atoms with Crippen molar-refractivity contribution >= 4 is 23.1 Å². The first-order valence-corrected chi connectivity index (χ1v) is 6.71. The van der Waals surface area contributed by atoms with Crippen molar-refractivity contribution in [2.75, 3.05) is 30.4 Å². The van der Waals surface area contributed by atoms with Crippen LogP contribution in [0.25, 0.3) is 0 Å². The van der Waals surface area contributed by atoms with Gasteiger partial charge in [-0.15, -0.1) is 0 Å². The van der Waals surface area contributed by atoms with E-state index in [1.807, 2.05) is 30.3 Å². The van der Waals surface area contributed by atoms with Gasteiger partial charge in [0.05, 0.1) is 11.5 Å². The van der Waals surface area contributed by atoms with E-state index in [1.54, 1.807) is 18.9 Å². The molecule has 0 aliphatic carbocycles. The Balaban J connectivity index is 2.50. The molecule has 0 aliphatic heterocycles. The van der Waals surface area contributed by atoms with Gasteiger partial charge in [-0.3, -0.25) is 10.1 Å². The molecule has 0 unspecified atom stereocenters. The van der Waals surface area contributed by atoms with Crippen molar-refractivity contribution < 1.29 is 10.0 Å². The molecule has 2 rings (SSSR count). The van der Waals surface area contributed by atoms with E-state index in [4.69, 9.17) is 5.11 Å². The van der Waals surface area contributed by atoms with Gasteiger partial charge in [-0.05, 0) is 19.1 Å². The van der Waals surface area contributed by atoms with Crippen molar-refractivity contribution in [1.29, 1.82) is 0 Å². The van der Waals surface area contributed by atoms with E-state index in [0.29, 0.717) is 0 Å². The van der Waals surface area contributed by atoms with Crippen LogP contribution in [0.1, 0.15) is 5.69 Å². The molecule has 22 heavy (non-hydrogen) atoms. The van der Waals surface area contributed by atoms with Crippen molar-refractivity contribution in [2.24, 2.45) is 0 Å². The van der Waals surface area contributed by atoms with Crippen molar-refractivity contribution in [3.8, 4) is 0 Å². The molecule has 2 aromatic rings. The molecule has 1 aromatic heterocycles. The summed E-state index contributed by atoms with van der Waals surface area (Å²) in [5.41, 5.74) is 0.899. The molecule has 0 saturated heterocycles. The third-order valence-electron chi connectivity index (χ3n) is 3.08. The van der Waals surface area contributed by atoms with Crippen molar-refractivity contribution in [2.45, 2.75) is 6.92 Å². The van der Waals surface area contributed by atoms with Crippen LogP contribution in [0.3, 0.4) is 0 Å². The van der Waals surface area contributed by atoms with Crippen LogP contribution in [0.5, 0.6) is 0 Å². The number of aryl methyl sites for hydroxylation is 1. The largest absolute Gasteiger partial charge is 0.395 e. The SMILES string of the molecule is Cc1nc(NCCO)nc(N(C)c2ccccc2)c1[N+](=O)[O-]. The number of benzene rings is 1. The molecule has 116 valence electrons. The zero-order valence-electron chi connectivity index (χ0n) is 12.4. The van der Waals surface area contributed by atoms with Crippen LogP contribution in [0.2, 0.25) is 0 Å². The molecule has 0 aliphatic rings.